The average Bonchev–Trinajstić information content (AvgIpc) is 2.06. The predicted molar refractivity (Wildman–Crippen MR) is 48.3 cm³/mol. The normalized spacial score (nSPS) is 29.0. The molecule has 0 amide bonds. The Morgan fingerprint density at radius 3 is 3.00 bits per heavy atom. The zero-order valence-corrected chi connectivity index (χ0v) is 7.01. The lowest BCUT2D eigenvalue weighted by molar-refractivity contribution is 0.680. The summed E-state index contributed by atoms with van der Waals surface area (Å²) in [5, 5.41) is 0. The summed E-state index contributed by atoms with van der Waals surface area (Å²) in [6.45, 7) is 2.31. The van der Waals surface area contributed by atoms with Gasteiger partial charge in [-0.1, -0.05) is 31.2 Å². The van der Waals surface area contributed by atoms with Crippen LogP contribution >= 0.6 is 0 Å². The first-order chi connectivity index (χ1) is 5.38. The van der Waals surface area contributed by atoms with Gasteiger partial charge in [-0.15, -0.1) is 0 Å². The van der Waals surface area contributed by atoms with Crippen molar-refractivity contribution in [3.63, 3.8) is 0 Å². The summed E-state index contributed by atoms with van der Waals surface area (Å²) in [7, 11) is 0. The molecule has 2 aliphatic rings. The number of hydrogen-bond donors (Lipinski definition) is 0. The molecule has 2 aliphatic carbocycles. The average molecular weight is 146 g/mol. The van der Waals surface area contributed by atoms with E-state index in [1.165, 1.54) is 19.3 Å². The first-order valence-corrected chi connectivity index (χ1v) is 4.44. The van der Waals surface area contributed by atoms with Crippen molar-refractivity contribution >= 4 is 0 Å². The molecule has 2 rings (SSSR count). The van der Waals surface area contributed by atoms with Crippen LogP contribution < -0.4 is 0 Å². The van der Waals surface area contributed by atoms with Crippen LogP contribution in [0.2, 0.25) is 0 Å². The highest BCUT2D eigenvalue weighted by molar-refractivity contribution is 5.40. The van der Waals surface area contributed by atoms with E-state index < -0.39 is 0 Å². The Morgan fingerprint density at radius 1 is 1.27 bits per heavy atom. The van der Waals surface area contributed by atoms with Crippen LogP contribution in [0.3, 0.4) is 0 Å². The van der Waals surface area contributed by atoms with Gasteiger partial charge in [-0.2, -0.15) is 0 Å². The van der Waals surface area contributed by atoms with Gasteiger partial charge >= 0.3 is 0 Å². The van der Waals surface area contributed by atoms with Gasteiger partial charge in [0.2, 0.25) is 0 Å². The summed E-state index contributed by atoms with van der Waals surface area (Å²) < 4.78 is 0. The Hall–Kier alpha value is -0.780. The summed E-state index contributed by atoms with van der Waals surface area (Å²) in [5.41, 5.74) is 3.16. The summed E-state index contributed by atoms with van der Waals surface area (Å²) in [4.78, 5) is 0. The van der Waals surface area contributed by atoms with Gasteiger partial charge in [-0.25, -0.2) is 0 Å². The van der Waals surface area contributed by atoms with Gasteiger partial charge in [-0.3, -0.25) is 0 Å². The lowest BCUT2D eigenvalue weighted by Gasteiger charge is -2.22. The third kappa shape index (κ3) is 1.18. The van der Waals surface area contributed by atoms with Crippen molar-refractivity contribution < 1.29 is 0 Å². The highest BCUT2D eigenvalue weighted by Crippen LogP contribution is 2.31. The van der Waals surface area contributed by atoms with Gasteiger partial charge < -0.3 is 0 Å². The molecule has 0 aliphatic heterocycles. The molecule has 0 heteroatoms. The van der Waals surface area contributed by atoms with Gasteiger partial charge in [0.1, 0.15) is 0 Å². The van der Waals surface area contributed by atoms with Crippen molar-refractivity contribution in [1.29, 1.82) is 0 Å². The fourth-order valence-electron chi connectivity index (χ4n) is 1.90. The van der Waals surface area contributed by atoms with Gasteiger partial charge in [0, 0.05) is 0 Å². The second-order valence-corrected chi connectivity index (χ2v) is 3.46. The molecule has 0 aromatic carbocycles. The topological polar surface area (TPSA) is 0 Å². The number of hydrogen-bond acceptors (Lipinski definition) is 0. The predicted octanol–water partition coefficient (Wildman–Crippen LogP) is 3.23. The fourth-order valence-corrected chi connectivity index (χ4v) is 1.90. The molecular weight excluding hydrogens is 132 g/mol. The first kappa shape index (κ1) is 6.90. The molecule has 0 bridgehead atoms. The molecule has 1 unspecified atom stereocenters. The summed E-state index contributed by atoms with van der Waals surface area (Å²) in [6.07, 6.45) is 12.9. The lowest BCUT2D eigenvalue weighted by atomic mass is 9.84. The molecule has 0 fully saturated rings. The lowest BCUT2D eigenvalue weighted by Crippen LogP contribution is -2.05. The van der Waals surface area contributed by atoms with Crippen LogP contribution in [0.15, 0.2) is 35.5 Å². The van der Waals surface area contributed by atoms with Crippen molar-refractivity contribution in [2.75, 3.05) is 0 Å². The van der Waals surface area contributed by atoms with Crippen LogP contribution in [-0.4, -0.2) is 0 Å². The quantitative estimate of drug-likeness (QED) is 0.492. The van der Waals surface area contributed by atoms with E-state index >= 15 is 0 Å². The van der Waals surface area contributed by atoms with Crippen LogP contribution in [0, 0.1) is 5.92 Å². The molecule has 0 spiro atoms. The van der Waals surface area contributed by atoms with Gasteiger partial charge in [0.25, 0.3) is 0 Å². The van der Waals surface area contributed by atoms with Crippen molar-refractivity contribution in [3.8, 4) is 0 Å². The monoisotopic (exact) mass is 146 g/mol. The van der Waals surface area contributed by atoms with Crippen LogP contribution in [0.25, 0.3) is 0 Å². The van der Waals surface area contributed by atoms with Crippen molar-refractivity contribution in [3.05, 3.63) is 35.5 Å². The van der Waals surface area contributed by atoms with Crippen molar-refractivity contribution in [2.45, 2.75) is 26.2 Å². The zero-order chi connectivity index (χ0) is 7.68. The fraction of sp³-hybridized carbons (Fsp3) is 0.455. The van der Waals surface area contributed by atoms with E-state index in [9.17, 15) is 0 Å². The van der Waals surface area contributed by atoms with E-state index in [2.05, 4.69) is 31.2 Å². The Labute approximate surface area is 68.3 Å². The molecule has 0 aromatic heterocycles. The summed E-state index contributed by atoms with van der Waals surface area (Å²) >= 11 is 0. The maximum Gasteiger partial charge on any atom is -0.0153 e. The van der Waals surface area contributed by atoms with E-state index in [4.69, 9.17) is 0 Å². The summed E-state index contributed by atoms with van der Waals surface area (Å²) in [6, 6.07) is 0. The molecule has 0 N–H and O–H groups in total. The number of allylic oxidation sites excluding steroid dienone is 6. The maximum absolute atomic E-state index is 2.31. The standard InChI is InChI=1S/C11H14/c1-9-5-4-7-10-6-2-3-8-11(9)10/h3-4,7-9H,2,5-6H2,1H3. The molecule has 11 heavy (non-hydrogen) atoms. The zero-order valence-electron chi connectivity index (χ0n) is 7.01. The van der Waals surface area contributed by atoms with Crippen molar-refractivity contribution in [1.82, 2.24) is 0 Å². The van der Waals surface area contributed by atoms with E-state index in [1.807, 2.05) is 0 Å². The minimum absolute atomic E-state index is 0.756. The Bertz CT molecular complexity index is 241. The van der Waals surface area contributed by atoms with E-state index in [-0.39, 0.29) is 0 Å². The Balaban J connectivity index is 2.36. The SMILES string of the molecule is CC1CC=CC2=C1C=CCC2. The van der Waals surface area contributed by atoms with Crippen molar-refractivity contribution in [2.24, 2.45) is 5.92 Å². The largest absolute Gasteiger partial charge is 0.0839 e. The molecule has 58 valence electrons. The molecule has 0 saturated carbocycles. The highest BCUT2D eigenvalue weighted by atomic mass is 14.2. The molecule has 0 nitrogen and oxygen atoms in total. The number of rotatable bonds is 0. The third-order valence-electron chi connectivity index (χ3n) is 2.59. The Kier molecular flexibility index (Phi) is 1.69. The van der Waals surface area contributed by atoms with Gasteiger partial charge in [-0.05, 0) is 36.3 Å². The van der Waals surface area contributed by atoms with E-state index in [0.717, 1.165) is 5.92 Å². The second kappa shape index (κ2) is 2.69. The van der Waals surface area contributed by atoms with Gasteiger partial charge in [0.15, 0.2) is 0 Å². The molecule has 0 heterocycles. The smallest absolute Gasteiger partial charge is 0.0153 e. The third-order valence-corrected chi connectivity index (χ3v) is 2.59. The molecule has 0 radical (unpaired) electrons. The minimum atomic E-state index is 0.756. The highest BCUT2D eigenvalue weighted by Gasteiger charge is 2.14. The van der Waals surface area contributed by atoms with E-state index in [1.54, 1.807) is 11.1 Å². The molecule has 1 atom stereocenters. The first-order valence-electron chi connectivity index (χ1n) is 4.44. The molecule has 0 saturated heterocycles. The van der Waals surface area contributed by atoms with Crippen LogP contribution in [0.5, 0.6) is 0 Å². The van der Waals surface area contributed by atoms with Crippen LogP contribution in [0.4, 0.5) is 0 Å². The van der Waals surface area contributed by atoms with Crippen LogP contribution in [0.1, 0.15) is 26.2 Å². The molecule has 0 aromatic rings. The second-order valence-electron chi connectivity index (χ2n) is 3.46. The minimum Gasteiger partial charge on any atom is -0.0839 e. The van der Waals surface area contributed by atoms with Gasteiger partial charge in [0.05, 0.1) is 0 Å². The van der Waals surface area contributed by atoms with E-state index in [0.29, 0.717) is 0 Å². The molecular formula is C11H14. The Morgan fingerprint density at radius 2 is 2.18 bits per heavy atom. The maximum atomic E-state index is 2.31. The summed E-state index contributed by atoms with van der Waals surface area (Å²) in [5.74, 6) is 0.756. The van der Waals surface area contributed by atoms with Crippen LogP contribution in [-0.2, 0) is 0 Å².